The lowest BCUT2D eigenvalue weighted by atomic mass is 9.86. The van der Waals surface area contributed by atoms with Gasteiger partial charge < -0.3 is 9.84 Å². The number of ether oxygens (including phenoxy) is 1. The minimum Gasteiger partial charge on any atom is -0.433 e. The minimum atomic E-state index is -1.46. The Balaban J connectivity index is 1.84. The third-order valence-corrected chi connectivity index (χ3v) is 4.62. The van der Waals surface area contributed by atoms with E-state index in [1.54, 1.807) is 38.4 Å². The molecule has 3 rings (SSSR count). The molecule has 0 radical (unpaired) electrons. The average molecular weight is 312 g/mol. The van der Waals surface area contributed by atoms with Gasteiger partial charge in [0.15, 0.2) is 11.3 Å². The molecule has 1 aliphatic rings. The number of rotatable bonds is 4. The van der Waals surface area contributed by atoms with Crippen molar-refractivity contribution in [2.45, 2.75) is 31.6 Å². The van der Waals surface area contributed by atoms with Gasteiger partial charge in [0.05, 0.1) is 0 Å². The smallest absolute Gasteiger partial charge is 0.413 e. The lowest BCUT2D eigenvalue weighted by molar-refractivity contribution is -0.140. The fourth-order valence-corrected chi connectivity index (χ4v) is 2.93. The van der Waals surface area contributed by atoms with Gasteiger partial charge in [-0.05, 0) is 31.9 Å². The summed E-state index contributed by atoms with van der Waals surface area (Å²) in [4.78, 5) is 17.8. The third-order valence-electron chi connectivity index (χ3n) is 4.62. The zero-order valence-electron chi connectivity index (χ0n) is 13.3. The molecule has 1 N–H and O–H groups in total. The van der Waals surface area contributed by atoms with Crippen molar-refractivity contribution in [2.75, 3.05) is 6.54 Å². The van der Waals surface area contributed by atoms with Gasteiger partial charge in [0, 0.05) is 24.5 Å². The van der Waals surface area contributed by atoms with Crippen LogP contribution in [0.4, 0.5) is 4.79 Å². The summed E-state index contributed by atoms with van der Waals surface area (Å²) in [6.07, 6.45) is 3.39. The van der Waals surface area contributed by atoms with Crippen molar-refractivity contribution in [3.8, 4) is 0 Å². The van der Waals surface area contributed by atoms with Crippen molar-refractivity contribution < 1.29 is 14.6 Å². The van der Waals surface area contributed by atoms with Crippen LogP contribution in [0.2, 0.25) is 0 Å². The van der Waals surface area contributed by atoms with Crippen LogP contribution in [0.25, 0.3) is 0 Å². The molecular weight excluding hydrogens is 292 g/mol. The van der Waals surface area contributed by atoms with Gasteiger partial charge in [-0.3, -0.25) is 9.88 Å². The van der Waals surface area contributed by atoms with Crippen LogP contribution in [0.1, 0.15) is 25.0 Å². The van der Waals surface area contributed by atoms with Crippen molar-refractivity contribution in [3.05, 3.63) is 66.0 Å². The number of carbonyl (C=O) groups excluding carboxylic acids is 1. The number of amides is 1. The summed E-state index contributed by atoms with van der Waals surface area (Å²) < 4.78 is 5.55. The number of nitrogens with zero attached hydrogens (tertiary/aromatic N) is 2. The molecule has 5 nitrogen and oxygen atoms in total. The van der Waals surface area contributed by atoms with Gasteiger partial charge in [0.25, 0.3) is 0 Å². The Labute approximate surface area is 135 Å². The van der Waals surface area contributed by atoms with Crippen LogP contribution in [0.15, 0.2) is 54.9 Å². The van der Waals surface area contributed by atoms with Crippen LogP contribution < -0.4 is 0 Å². The first kappa shape index (κ1) is 15.5. The summed E-state index contributed by atoms with van der Waals surface area (Å²) in [5, 5.41) is 11.0. The number of cyclic esters (lactones) is 1. The molecular formula is C18H20N2O3. The van der Waals surface area contributed by atoms with Crippen molar-refractivity contribution in [3.63, 3.8) is 0 Å². The molecule has 1 aliphatic heterocycles. The minimum absolute atomic E-state index is 0.381. The molecule has 2 aromatic rings. The highest BCUT2D eigenvalue weighted by molar-refractivity contribution is 5.72. The summed E-state index contributed by atoms with van der Waals surface area (Å²) in [6.45, 7) is 3.70. The van der Waals surface area contributed by atoms with Gasteiger partial charge in [-0.25, -0.2) is 4.79 Å². The number of carbonyl (C=O) groups is 1. The second-order valence-corrected chi connectivity index (χ2v) is 6.05. The lowest BCUT2D eigenvalue weighted by Crippen LogP contribution is -2.53. The van der Waals surface area contributed by atoms with Gasteiger partial charge in [-0.1, -0.05) is 36.4 Å². The van der Waals surface area contributed by atoms with Gasteiger partial charge in [0.2, 0.25) is 0 Å². The first-order valence-corrected chi connectivity index (χ1v) is 7.62. The number of benzene rings is 1. The molecule has 2 heterocycles. The summed E-state index contributed by atoms with van der Waals surface area (Å²) in [5.41, 5.74) is -0.844. The standard InChI is InChI=1S/C18H20N2O3/c1-17(15-9-6-11-19-13-15)18(2,22)20(16(21)23-17)12-10-14-7-4-3-5-8-14/h3-9,11,13,22H,10,12H2,1-2H3/t17-,18+/m1/s1. The summed E-state index contributed by atoms with van der Waals surface area (Å²) in [7, 11) is 0. The molecule has 0 unspecified atom stereocenters. The third kappa shape index (κ3) is 2.57. The predicted octanol–water partition coefficient (Wildman–Crippen LogP) is 2.70. The molecule has 5 heteroatoms. The molecule has 1 amide bonds. The number of hydrogen-bond donors (Lipinski definition) is 1. The van der Waals surface area contributed by atoms with E-state index in [1.807, 2.05) is 30.3 Å². The van der Waals surface area contributed by atoms with E-state index < -0.39 is 17.4 Å². The first-order valence-electron chi connectivity index (χ1n) is 7.62. The van der Waals surface area contributed by atoms with Gasteiger partial charge in [-0.15, -0.1) is 0 Å². The maximum absolute atomic E-state index is 12.3. The molecule has 120 valence electrons. The summed E-state index contributed by atoms with van der Waals surface area (Å²) >= 11 is 0. The average Bonchev–Trinajstić information content (AvgIpc) is 2.73. The summed E-state index contributed by atoms with van der Waals surface area (Å²) in [5.74, 6) is 0. The van der Waals surface area contributed by atoms with Crippen LogP contribution in [-0.4, -0.2) is 33.4 Å². The molecule has 2 atom stereocenters. The molecule has 1 aromatic heterocycles. The molecule has 0 spiro atoms. The number of pyridine rings is 1. The van der Waals surface area contributed by atoms with Crippen LogP contribution in [0.5, 0.6) is 0 Å². The molecule has 0 bridgehead atoms. The predicted molar refractivity (Wildman–Crippen MR) is 85.5 cm³/mol. The van der Waals surface area contributed by atoms with Crippen LogP contribution in [0.3, 0.4) is 0 Å². The van der Waals surface area contributed by atoms with E-state index >= 15 is 0 Å². The topological polar surface area (TPSA) is 62.7 Å². The quantitative estimate of drug-likeness (QED) is 0.943. The summed E-state index contributed by atoms with van der Waals surface area (Å²) in [6, 6.07) is 13.4. The highest BCUT2D eigenvalue weighted by Gasteiger charge is 2.60. The van der Waals surface area contributed by atoms with E-state index in [1.165, 1.54) is 4.90 Å². The van der Waals surface area contributed by atoms with Gasteiger partial charge in [0.1, 0.15) is 0 Å². The molecule has 1 fully saturated rings. The van der Waals surface area contributed by atoms with Crippen molar-refractivity contribution in [2.24, 2.45) is 0 Å². The number of aliphatic hydroxyl groups is 1. The SMILES string of the molecule is C[C@]1(c2cccnc2)OC(=O)N(CCc2ccccc2)[C@@]1(C)O. The monoisotopic (exact) mass is 312 g/mol. The maximum Gasteiger partial charge on any atom is 0.413 e. The Morgan fingerprint density at radius 1 is 1.17 bits per heavy atom. The Kier molecular flexibility index (Phi) is 3.82. The van der Waals surface area contributed by atoms with Crippen molar-refractivity contribution >= 4 is 6.09 Å². The van der Waals surface area contributed by atoms with E-state index in [9.17, 15) is 9.90 Å². The zero-order valence-corrected chi connectivity index (χ0v) is 13.3. The zero-order chi connectivity index (χ0) is 16.5. The van der Waals surface area contributed by atoms with Crippen LogP contribution >= 0.6 is 0 Å². The van der Waals surface area contributed by atoms with E-state index in [4.69, 9.17) is 4.74 Å². The normalized spacial score (nSPS) is 27.1. The number of hydrogen-bond acceptors (Lipinski definition) is 4. The largest absolute Gasteiger partial charge is 0.433 e. The number of aromatic nitrogens is 1. The van der Waals surface area contributed by atoms with Gasteiger partial charge in [-0.2, -0.15) is 0 Å². The molecule has 0 aliphatic carbocycles. The Bertz CT molecular complexity index is 688. The van der Waals surface area contributed by atoms with Crippen LogP contribution in [0, 0.1) is 0 Å². The lowest BCUT2D eigenvalue weighted by Gasteiger charge is -2.37. The molecule has 1 aromatic carbocycles. The molecule has 1 saturated heterocycles. The molecule has 0 saturated carbocycles. The van der Waals surface area contributed by atoms with E-state index in [0.717, 1.165) is 5.56 Å². The fourth-order valence-electron chi connectivity index (χ4n) is 2.93. The maximum atomic E-state index is 12.3. The van der Waals surface area contributed by atoms with Crippen molar-refractivity contribution in [1.82, 2.24) is 9.88 Å². The highest BCUT2D eigenvalue weighted by atomic mass is 16.6. The first-order chi connectivity index (χ1) is 10.9. The second-order valence-electron chi connectivity index (χ2n) is 6.05. The molecule has 23 heavy (non-hydrogen) atoms. The van der Waals surface area contributed by atoms with E-state index in [-0.39, 0.29) is 0 Å². The van der Waals surface area contributed by atoms with E-state index in [0.29, 0.717) is 18.5 Å². The Morgan fingerprint density at radius 3 is 2.57 bits per heavy atom. The Hall–Kier alpha value is -2.40. The Morgan fingerprint density at radius 2 is 1.91 bits per heavy atom. The van der Waals surface area contributed by atoms with Crippen molar-refractivity contribution in [1.29, 1.82) is 0 Å². The van der Waals surface area contributed by atoms with Crippen LogP contribution in [-0.2, 0) is 16.8 Å². The van der Waals surface area contributed by atoms with E-state index in [2.05, 4.69) is 4.98 Å². The fraction of sp³-hybridized carbons (Fsp3) is 0.333. The highest BCUT2D eigenvalue weighted by Crippen LogP contribution is 2.44. The second kappa shape index (κ2) is 5.66. The van der Waals surface area contributed by atoms with Gasteiger partial charge >= 0.3 is 6.09 Å².